The maximum absolute atomic E-state index is 12.1. The van der Waals surface area contributed by atoms with Crippen LogP contribution in [-0.4, -0.2) is 30.9 Å². The molecule has 0 amide bonds. The third-order valence-electron chi connectivity index (χ3n) is 2.82. The van der Waals surface area contributed by atoms with E-state index >= 15 is 0 Å². The van der Waals surface area contributed by atoms with Gasteiger partial charge in [-0.15, -0.1) is 0 Å². The van der Waals surface area contributed by atoms with Gasteiger partial charge in [-0.3, -0.25) is 9.79 Å². The van der Waals surface area contributed by atoms with Crippen molar-refractivity contribution in [2.24, 2.45) is 10.9 Å². The van der Waals surface area contributed by atoms with E-state index in [1.165, 1.54) is 12.1 Å². The van der Waals surface area contributed by atoms with E-state index in [0.717, 1.165) is 6.21 Å². The first-order valence-corrected chi connectivity index (χ1v) is 8.36. The number of esters is 2. The average molecular weight is 385 g/mol. The summed E-state index contributed by atoms with van der Waals surface area (Å²) in [7, 11) is 0. The minimum absolute atomic E-state index is 0.00954. The number of carbonyl (C=O) groups excluding carboxylic acids is 2. The Morgan fingerprint density at radius 3 is 2.60 bits per heavy atom. The summed E-state index contributed by atoms with van der Waals surface area (Å²) in [6.07, 6.45) is 1.41. The van der Waals surface area contributed by atoms with E-state index in [-0.39, 0.29) is 34.0 Å². The predicted molar refractivity (Wildman–Crippen MR) is 95.5 cm³/mol. The van der Waals surface area contributed by atoms with Crippen LogP contribution in [0.5, 0.6) is 0 Å². The van der Waals surface area contributed by atoms with Gasteiger partial charge in [0.05, 0.1) is 40.1 Å². The van der Waals surface area contributed by atoms with Crippen LogP contribution in [0.4, 0.5) is 5.69 Å². The van der Waals surface area contributed by atoms with Gasteiger partial charge in [-0.05, 0) is 32.4 Å². The summed E-state index contributed by atoms with van der Waals surface area (Å²) >= 11 is 12.2. The van der Waals surface area contributed by atoms with E-state index in [1.807, 2.05) is 6.92 Å². The summed E-state index contributed by atoms with van der Waals surface area (Å²) in [5, 5.41) is 9.18. The molecular formula is C17H18Cl2N2O4. The molecule has 1 rings (SSSR count). The standard InChI is InChI=1S/C17H18Cl2N2O4/c1-4-7-24-17(23)14-12(18)5-6-13(15(14)19)21-9-11(8-20)16(22)25-10(2)3/h5-6,9-11H,4,7H2,1-3H3. The Morgan fingerprint density at radius 2 is 2.04 bits per heavy atom. The van der Waals surface area contributed by atoms with Gasteiger partial charge in [0, 0.05) is 6.21 Å². The number of aliphatic imine (C=N–C) groups is 1. The molecule has 0 aliphatic heterocycles. The molecule has 1 aromatic carbocycles. The van der Waals surface area contributed by atoms with Crippen LogP contribution in [-0.2, 0) is 14.3 Å². The molecule has 25 heavy (non-hydrogen) atoms. The van der Waals surface area contributed by atoms with Gasteiger partial charge in [-0.25, -0.2) is 4.79 Å². The highest BCUT2D eigenvalue weighted by atomic mass is 35.5. The Kier molecular flexibility index (Phi) is 8.39. The van der Waals surface area contributed by atoms with Crippen molar-refractivity contribution in [3.63, 3.8) is 0 Å². The lowest BCUT2D eigenvalue weighted by atomic mass is 10.1. The molecular weight excluding hydrogens is 367 g/mol. The van der Waals surface area contributed by atoms with Crippen LogP contribution in [0.3, 0.4) is 0 Å². The van der Waals surface area contributed by atoms with Gasteiger partial charge < -0.3 is 9.47 Å². The lowest BCUT2D eigenvalue weighted by molar-refractivity contribution is -0.148. The number of halogens is 2. The Hall–Kier alpha value is -2.10. The normalized spacial score (nSPS) is 12.0. The third kappa shape index (κ3) is 6.04. The summed E-state index contributed by atoms with van der Waals surface area (Å²) in [6, 6.07) is 4.70. The number of nitrogens with zero attached hydrogens (tertiary/aromatic N) is 2. The molecule has 0 N–H and O–H groups in total. The second kappa shape index (κ2) is 10.0. The van der Waals surface area contributed by atoms with Crippen molar-refractivity contribution in [3.8, 4) is 6.07 Å². The number of carbonyl (C=O) groups is 2. The summed E-state index contributed by atoms with van der Waals surface area (Å²) in [5.41, 5.74) is 0.178. The van der Waals surface area contributed by atoms with E-state index in [1.54, 1.807) is 19.9 Å². The Morgan fingerprint density at radius 1 is 1.36 bits per heavy atom. The predicted octanol–water partition coefficient (Wildman–Crippen LogP) is 4.35. The molecule has 0 bridgehead atoms. The van der Waals surface area contributed by atoms with Crippen molar-refractivity contribution in [1.29, 1.82) is 5.26 Å². The highest BCUT2D eigenvalue weighted by Gasteiger charge is 2.21. The van der Waals surface area contributed by atoms with E-state index in [9.17, 15) is 9.59 Å². The fourth-order valence-electron chi connectivity index (χ4n) is 1.70. The highest BCUT2D eigenvalue weighted by Crippen LogP contribution is 2.34. The maximum Gasteiger partial charge on any atom is 0.341 e. The van der Waals surface area contributed by atoms with Crippen molar-refractivity contribution in [2.45, 2.75) is 33.3 Å². The lowest BCUT2D eigenvalue weighted by Gasteiger charge is -2.10. The number of hydrogen-bond acceptors (Lipinski definition) is 6. The Labute approximate surface area is 156 Å². The van der Waals surface area contributed by atoms with Crippen molar-refractivity contribution in [2.75, 3.05) is 6.61 Å². The Bertz CT molecular complexity index is 711. The molecule has 1 atom stereocenters. The number of rotatable bonds is 7. The molecule has 1 unspecified atom stereocenters. The summed E-state index contributed by atoms with van der Waals surface area (Å²) in [6.45, 7) is 5.44. The number of ether oxygens (including phenoxy) is 2. The average Bonchev–Trinajstić information content (AvgIpc) is 2.54. The molecule has 0 radical (unpaired) electrons. The molecule has 6 nitrogen and oxygen atoms in total. The van der Waals surface area contributed by atoms with Crippen LogP contribution in [0, 0.1) is 17.2 Å². The van der Waals surface area contributed by atoms with Crippen molar-refractivity contribution in [1.82, 2.24) is 0 Å². The molecule has 0 aliphatic carbocycles. The molecule has 0 heterocycles. The Balaban J connectivity index is 3.08. The van der Waals surface area contributed by atoms with Gasteiger partial charge in [0.1, 0.15) is 0 Å². The second-order valence-electron chi connectivity index (χ2n) is 5.26. The fraction of sp³-hybridized carbons (Fsp3) is 0.412. The number of benzene rings is 1. The fourth-order valence-corrected chi connectivity index (χ4v) is 2.28. The molecule has 0 saturated carbocycles. The van der Waals surface area contributed by atoms with E-state index in [4.69, 9.17) is 37.9 Å². The first-order valence-electron chi connectivity index (χ1n) is 7.61. The minimum Gasteiger partial charge on any atom is -0.462 e. The summed E-state index contributed by atoms with van der Waals surface area (Å²) in [5.74, 6) is -2.57. The van der Waals surface area contributed by atoms with Gasteiger partial charge in [-0.2, -0.15) is 5.26 Å². The highest BCUT2D eigenvalue weighted by molar-refractivity contribution is 6.41. The second-order valence-corrected chi connectivity index (χ2v) is 6.05. The van der Waals surface area contributed by atoms with E-state index < -0.39 is 17.9 Å². The van der Waals surface area contributed by atoms with Gasteiger partial charge in [-0.1, -0.05) is 30.1 Å². The number of nitriles is 1. The first-order chi connectivity index (χ1) is 11.8. The van der Waals surface area contributed by atoms with Crippen LogP contribution in [0.2, 0.25) is 10.0 Å². The van der Waals surface area contributed by atoms with Crippen LogP contribution in [0.1, 0.15) is 37.6 Å². The van der Waals surface area contributed by atoms with Crippen LogP contribution in [0.25, 0.3) is 0 Å². The minimum atomic E-state index is -1.19. The van der Waals surface area contributed by atoms with Crippen LogP contribution < -0.4 is 0 Å². The van der Waals surface area contributed by atoms with Gasteiger partial charge in [0.2, 0.25) is 0 Å². The zero-order valence-electron chi connectivity index (χ0n) is 14.1. The summed E-state index contributed by atoms with van der Waals surface area (Å²) < 4.78 is 10.0. The van der Waals surface area contributed by atoms with Gasteiger partial charge in [0.25, 0.3) is 0 Å². The van der Waals surface area contributed by atoms with Gasteiger partial charge >= 0.3 is 11.9 Å². The lowest BCUT2D eigenvalue weighted by Crippen LogP contribution is -2.20. The van der Waals surface area contributed by atoms with Crippen molar-refractivity contribution >= 4 is 47.0 Å². The molecule has 1 aromatic rings. The first kappa shape index (κ1) is 20.9. The van der Waals surface area contributed by atoms with Gasteiger partial charge in [0.15, 0.2) is 5.92 Å². The molecule has 0 spiro atoms. The van der Waals surface area contributed by atoms with E-state index in [0.29, 0.717) is 6.42 Å². The van der Waals surface area contributed by atoms with E-state index in [2.05, 4.69) is 4.99 Å². The van der Waals surface area contributed by atoms with Crippen molar-refractivity contribution in [3.05, 3.63) is 27.7 Å². The summed E-state index contributed by atoms with van der Waals surface area (Å²) in [4.78, 5) is 27.8. The molecule has 0 aliphatic rings. The largest absolute Gasteiger partial charge is 0.462 e. The smallest absolute Gasteiger partial charge is 0.341 e. The topological polar surface area (TPSA) is 88.8 Å². The quantitative estimate of drug-likeness (QED) is 0.514. The molecule has 0 aromatic heterocycles. The monoisotopic (exact) mass is 384 g/mol. The number of hydrogen-bond donors (Lipinski definition) is 0. The van der Waals surface area contributed by atoms with Crippen molar-refractivity contribution < 1.29 is 19.1 Å². The molecule has 8 heteroatoms. The molecule has 0 saturated heterocycles. The van der Waals surface area contributed by atoms with Crippen LogP contribution in [0.15, 0.2) is 17.1 Å². The zero-order valence-corrected chi connectivity index (χ0v) is 15.6. The SMILES string of the molecule is CCCOC(=O)c1c(Cl)ccc(N=CC(C#N)C(=O)OC(C)C)c1Cl. The van der Waals surface area contributed by atoms with Crippen LogP contribution >= 0.6 is 23.2 Å². The molecule has 134 valence electrons. The molecule has 0 fully saturated rings. The zero-order chi connectivity index (χ0) is 19.0. The third-order valence-corrected chi connectivity index (χ3v) is 3.52. The maximum atomic E-state index is 12.1.